The van der Waals surface area contributed by atoms with Gasteiger partial charge in [-0.1, -0.05) is 30.3 Å². The van der Waals surface area contributed by atoms with Gasteiger partial charge in [0.1, 0.15) is 16.5 Å². The predicted molar refractivity (Wildman–Crippen MR) is 116 cm³/mol. The van der Waals surface area contributed by atoms with Gasteiger partial charge in [-0.05, 0) is 50.7 Å². The topological polar surface area (TPSA) is 38.2 Å². The number of fused-ring (bicyclic) bond motifs is 3. The van der Waals surface area contributed by atoms with Gasteiger partial charge in [-0.15, -0.1) is 11.3 Å². The molecular formula is C23H27N3OS. The van der Waals surface area contributed by atoms with Crippen molar-refractivity contribution in [3.8, 4) is 0 Å². The zero-order valence-corrected chi connectivity index (χ0v) is 17.5. The van der Waals surface area contributed by atoms with Gasteiger partial charge in [-0.25, -0.2) is 9.97 Å². The molecule has 3 heterocycles. The molecule has 0 saturated carbocycles. The number of benzene rings is 1. The van der Waals surface area contributed by atoms with Crippen LogP contribution in [-0.2, 0) is 24.0 Å². The van der Waals surface area contributed by atoms with Gasteiger partial charge in [-0.2, -0.15) is 0 Å². The van der Waals surface area contributed by atoms with E-state index in [1.165, 1.54) is 51.9 Å². The first-order chi connectivity index (χ1) is 13.7. The summed E-state index contributed by atoms with van der Waals surface area (Å²) in [7, 11) is 0. The molecule has 1 saturated heterocycles. The van der Waals surface area contributed by atoms with E-state index in [0.717, 1.165) is 31.2 Å². The van der Waals surface area contributed by atoms with Crippen LogP contribution in [0.4, 0.5) is 5.82 Å². The van der Waals surface area contributed by atoms with Crippen molar-refractivity contribution in [3.63, 3.8) is 0 Å². The molecule has 0 N–H and O–H groups in total. The molecule has 3 aromatic rings. The Morgan fingerprint density at radius 3 is 2.57 bits per heavy atom. The third-order valence-electron chi connectivity index (χ3n) is 5.77. The first kappa shape index (κ1) is 18.1. The summed E-state index contributed by atoms with van der Waals surface area (Å²) in [5.41, 5.74) is 2.78. The summed E-state index contributed by atoms with van der Waals surface area (Å²) < 4.78 is 5.99. The minimum Gasteiger partial charge on any atom is -0.372 e. The average molecular weight is 394 g/mol. The van der Waals surface area contributed by atoms with Crippen LogP contribution in [0.3, 0.4) is 0 Å². The largest absolute Gasteiger partial charge is 0.372 e. The summed E-state index contributed by atoms with van der Waals surface area (Å²) in [6, 6.07) is 10.5. The van der Waals surface area contributed by atoms with Gasteiger partial charge in [0.2, 0.25) is 0 Å². The van der Waals surface area contributed by atoms with E-state index in [0.29, 0.717) is 0 Å². The lowest BCUT2D eigenvalue weighted by molar-refractivity contribution is -0.00538. The third kappa shape index (κ3) is 3.42. The van der Waals surface area contributed by atoms with E-state index in [9.17, 15) is 0 Å². The third-order valence-corrected chi connectivity index (χ3v) is 6.95. The molecule has 0 bridgehead atoms. The van der Waals surface area contributed by atoms with Crippen molar-refractivity contribution in [1.82, 2.24) is 9.97 Å². The molecule has 5 heteroatoms. The number of hydrogen-bond donors (Lipinski definition) is 0. The van der Waals surface area contributed by atoms with Crippen LogP contribution in [0.2, 0.25) is 0 Å². The van der Waals surface area contributed by atoms with Crippen LogP contribution in [0, 0.1) is 0 Å². The normalized spacial score (nSPS) is 22.4. The molecule has 0 amide bonds. The summed E-state index contributed by atoms with van der Waals surface area (Å²) in [5, 5.41) is 1.32. The zero-order chi connectivity index (χ0) is 19.1. The maximum Gasteiger partial charge on any atom is 0.141 e. The molecule has 1 aliphatic heterocycles. The molecule has 0 spiro atoms. The Morgan fingerprint density at radius 1 is 1.04 bits per heavy atom. The number of rotatable bonds is 3. The van der Waals surface area contributed by atoms with Gasteiger partial charge in [0, 0.05) is 24.4 Å². The summed E-state index contributed by atoms with van der Waals surface area (Å²) in [6.07, 6.45) is 6.16. The van der Waals surface area contributed by atoms with Crippen LogP contribution < -0.4 is 4.90 Å². The summed E-state index contributed by atoms with van der Waals surface area (Å²) in [5.74, 6) is 2.07. The van der Waals surface area contributed by atoms with Gasteiger partial charge in [0.05, 0.1) is 17.6 Å². The van der Waals surface area contributed by atoms with Crippen molar-refractivity contribution in [3.05, 3.63) is 52.2 Å². The second-order valence-electron chi connectivity index (χ2n) is 8.18. The second-order valence-corrected chi connectivity index (χ2v) is 9.26. The van der Waals surface area contributed by atoms with Gasteiger partial charge >= 0.3 is 0 Å². The van der Waals surface area contributed by atoms with Crippen LogP contribution in [0.5, 0.6) is 0 Å². The fraction of sp³-hybridized carbons (Fsp3) is 0.478. The Hall–Kier alpha value is -1.98. The van der Waals surface area contributed by atoms with E-state index >= 15 is 0 Å². The monoisotopic (exact) mass is 393 g/mol. The quantitative estimate of drug-likeness (QED) is 0.642. The maximum atomic E-state index is 5.99. The van der Waals surface area contributed by atoms with Crippen LogP contribution in [0.25, 0.3) is 10.2 Å². The van der Waals surface area contributed by atoms with Crippen molar-refractivity contribution in [2.75, 3.05) is 18.0 Å². The molecular weight excluding hydrogens is 366 g/mol. The highest BCUT2D eigenvalue weighted by molar-refractivity contribution is 7.19. The lowest BCUT2D eigenvalue weighted by atomic mass is 9.96. The fourth-order valence-corrected chi connectivity index (χ4v) is 5.89. The van der Waals surface area contributed by atoms with Crippen LogP contribution in [-0.4, -0.2) is 35.3 Å². The number of ether oxygens (including phenoxy) is 1. The van der Waals surface area contributed by atoms with E-state index in [2.05, 4.69) is 49.1 Å². The van der Waals surface area contributed by atoms with E-state index in [4.69, 9.17) is 14.7 Å². The highest BCUT2D eigenvalue weighted by Gasteiger charge is 2.28. The van der Waals surface area contributed by atoms with E-state index in [1.807, 2.05) is 11.3 Å². The van der Waals surface area contributed by atoms with E-state index in [1.54, 1.807) is 0 Å². The molecule has 4 nitrogen and oxygen atoms in total. The minimum absolute atomic E-state index is 0.223. The van der Waals surface area contributed by atoms with Crippen molar-refractivity contribution in [2.45, 2.75) is 58.2 Å². The van der Waals surface area contributed by atoms with Crippen LogP contribution in [0.15, 0.2) is 30.3 Å². The number of nitrogens with zero attached hydrogens (tertiary/aromatic N) is 3. The lowest BCUT2D eigenvalue weighted by Crippen LogP contribution is -2.46. The Bertz CT molecular complexity index is 974. The molecule has 1 aliphatic carbocycles. The van der Waals surface area contributed by atoms with Crippen molar-refractivity contribution in [1.29, 1.82) is 0 Å². The first-order valence-electron chi connectivity index (χ1n) is 10.4. The second kappa shape index (κ2) is 7.45. The summed E-state index contributed by atoms with van der Waals surface area (Å²) >= 11 is 1.90. The number of thiophene rings is 1. The molecule has 1 fully saturated rings. The Kier molecular flexibility index (Phi) is 4.81. The SMILES string of the molecule is CC1CN(c2nc(Cc3ccccc3)nc3sc4c(c23)CCCC4)CC(C)O1. The predicted octanol–water partition coefficient (Wildman–Crippen LogP) is 4.77. The Balaban J connectivity index is 1.63. The number of aryl methyl sites for hydroxylation is 2. The molecule has 0 radical (unpaired) electrons. The van der Waals surface area contributed by atoms with E-state index in [-0.39, 0.29) is 12.2 Å². The van der Waals surface area contributed by atoms with Crippen molar-refractivity contribution >= 4 is 27.4 Å². The molecule has 2 atom stereocenters. The van der Waals surface area contributed by atoms with Crippen LogP contribution in [0.1, 0.15) is 48.5 Å². The smallest absolute Gasteiger partial charge is 0.141 e. The molecule has 2 unspecified atom stereocenters. The zero-order valence-electron chi connectivity index (χ0n) is 16.6. The maximum absolute atomic E-state index is 5.99. The number of anilines is 1. The number of morpholine rings is 1. The molecule has 146 valence electrons. The number of hydrogen-bond acceptors (Lipinski definition) is 5. The number of aromatic nitrogens is 2. The standard InChI is InChI=1S/C23H27N3OS/c1-15-13-26(14-16(2)27-15)22-21-18-10-6-7-11-19(18)28-23(21)25-20(24-22)12-17-8-4-3-5-9-17/h3-5,8-9,15-16H,6-7,10-14H2,1-2H3. The fourth-order valence-electron chi connectivity index (χ4n) is 4.62. The first-order valence-corrected chi connectivity index (χ1v) is 11.2. The van der Waals surface area contributed by atoms with Gasteiger partial charge in [-0.3, -0.25) is 0 Å². The molecule has 2 aliphatic rings. The summed E-state index contributed by atoms with van der Waals surface area (Å²) in [6.45, 7) is 6.11. The molecule has 2 aromatic heterocycles. The van der Waals surface area contributed by atoms with Crippen LogP contribution >= 0.6 is 11.3 Å². The van der Waals surface area contributed by atoms with Crippen molar-refractivity contribution < 1.29 is 4.74 Å². The van der Waals surface area contributed by atoms with Gasteiger partial charge in [0.25, 0.3) is 0 Å². The highest BCUT2D eigenvalue weighted by atomic mass is 32.1. The lowest BCUT2D eigenvalue weighted by Gasteiger charge is -2.36. The van der Waals surface area contributed by atoms with E-state index < -0.39 is 0 Å². The average Bonchev–Trinajstić information content (AvgIpc) is 3.06. The molecule has 5 rings (SSSR count). The molecule has 28 heavy (non-hydrogen) atoms. The minimum atomic E-state index is 0.223. The Labute approximate surface area is 170 Å². The Morgan fingerprint density at radius 2 is 1.79 bits per heavy atom. The van der Waals surface area contributed by atoms with Gasteiger partial charge in [0.15, 0.2) is 0 Å². The summed E-state index contributed by atoms with van der Waals surface area (Å²) in [4.78, 5) is 15.3. The molecule has 1 aromatic carbocycles. The highest BCUT2D eigenvalue weighted by Crippen LogP contribution is 2.40. The van der Waals surface area contributed by atoms with Crippen molar-refractivity contribution in [2.24, 2.45) is 0 Å². The van der Waals surface area contributed by atoms with Gasteiger partial charge < -0.3 is 9.64 Å².